The summed E-state index contributed by atoms with van der Waals surface area (Å²) in [6.45, 7) is 3.91. The van der Waals surface area contributed by atoms with E-state index in [1.807, 2.05) is 30.3 Å². The van der Waals surface area contributed by atoms with E-state index in [0.717, 1.165) is 10.1 Å². The van der Waals surface area contributed by atoms with Crippen LogP contribution in [-0.4, -0.2) is 39.2 Å². The first-order chi connectivity index (χ1) is 13.7. The van der Waals surface area contributed by atoms with Gasteiger partial charge >= 0.3 is 12.1 Å². The molecule has 10 heteroatoms. The van der Waals surface area contributed by atoms with Gasteiger partial charge in [0.25, 0.3) is 11.6 Å². The Kier molecular flexibility index (Phi) is 5.71. The minimum Gasteiger partial charge on any atom is -0.469 e. The smallest absolute Gasteiger partial charge is 0.453 e. The highest BCUT2D eigenvalue weighted by molar-refractivity contribution is 5.72. The van der Waals surface area contributed by atoms with E-state index in [-0.39, 0.29) is 12.3 Å². The van der Waals surface area contributed by atoms with E-state index in [1.165, 1.54) is 7.11 Å². The van der Waals surface area contributed by atoms with E-state index >= 15 is 0 Å². The maximum absolute atomic E-state index is 13.1. The molecule has 0 saturated heterocycles. The Labute approximate surface area is 165 Å². The summed E-state index contributed by atoms with van der Waals surface area (Å²) in [4.78, 5) is 21.3. The van der Waals surface area contributed by atoms with E-state index in [9.17, 15) is 18.0 Å². The molecular formula is C19H20F3N5O2. The van der Waals surface area contributed by atoms with Crippen molar-refractivity contribution in [2.75, 3.05) is 18.6 Å². The zero-order chi connectivity index (χ0) is 21.2. The lowest BCUT2D eigenvalue weighted by Gasteiger charge is -2.27. The summed E-state index contributed by atoms with van der Waals surface area (Å²) in [5, 5.41) is 3.62. The van der Waals surface area contributed by atoms with Crippen molar-refractivity contribution in [1.29, 1.82) is 0 Å². The molecule has 0 spiro atoms. The third kappa shape index (κ3) is 4.64. The molecule has 7 nitrogen and oxygen atoms in total. The average molecular weight is 407 g/mol. The van der Waals surface area contributed by atoms with Crippen molar-refractivity contribution in [2.24, 2.45) is 5.92 Å². The second-order valence-corrected chi connectivity index (χ2v) is 6.69. The molecule has 0 radical (unpaired) electrons. The van der Waals surface area contributed by atoms with Gasteiger partial charge in [0.15, 0.2) is 0 Å². The first-order valence-electron chi connectivity index (χ1n) is 8.87. The lowest BCUT2D eigenvalue weighted by Crippen LogP contribution is -2.33. The van der Waals surface area contributed by atoms with E-state index in [4.69, 9.17) is 4.74 Å². The third-order valence-corrected chi connectivity index (χ3v) is 4.31. The molecule has 0 N–H and O–H groups in total. The number of alkyl halides is 3. The normalized spacial score (nSPS) is 12.8. The Balaban J connectivity index is 2.09. The molecule has 0 amide bonds. The number of hydrogen-bond acceptors (Lipinski definition) is 6. The van der Waals surface area contributed by atoms with Crippen LogP contribution in [0.1, 0.15) is 24.0 Å². The number of aryl methyl sites for hydroxylation is 1. The molecule has 2 aromatic heterocycles. The van der Waals surface area contributed by atoms with E-state index in [0.29, 0.717) is 18.1 Å². The quantitative estimate of drug-likeness (QED) is 0.584. The van der Waals surface area contributed by atoms with Crippen LogP contribution >= 0.6 is 0 Å². The highest BCUT2D eigenvalue weighted by atomic mass is 19.4. The number of fused-ring (bicyclic) bond motifs is 1. The van der Waals surface area contributed by atoms with Crippen LogP contribution in [0.2, 0.25) is 0 Å². The van der Waals surface area contributed by atoms with Crippen molar-refractivity contribution in [2.45, 2.75) is 26.6 Å². The van der Waals surface area contributed by atoms with Gasteiger partial charge in [-0.3, -0.25) is 4.79 Å². The standard InChI is InChI=1S/C19H20F3N5O2/c1-12(16(28)29-3)10-26(11-14-7-5-4-6-8-14)15-9-13(2)23-18-24-17(19(20,21)22)25-27(15)18/h4-9,12H,10-11H2,1-3H3/t12-/m0/s1. The van der Waals surface area contributed by atoms with E-state index < -0.39 is 23.9 Å². The van der Waals surface area contributed by atoms with Gasteiger partial charge in [0.1, 0.15) is 5.82 Å². The number of ether oxygens (including phenoxy) is 1. The Morgan fingerprint density at radius 1 is 1.24 bits per heavy atom. The van der Waals surface area contributed by atoms with Gasteiger partial charge in [-0.2, -0.15) is 22.7 Å². The molecule has 29 heavy (non-hydrogen) atoms. The summed E-state index contributed by atoms with van der Waals surface area (Å²) < 4.78 is 45.2. The molecule has 154 valence electrons. The zero-order valence-electron chi connectivity index (χ0n) is 16.1. The van der Waals surface area contributed by atoms with Crippen molar-refractivity contribution >= 4 is 17.6 Å². The van der Waals surface area contributed by atoms with Crippen LogP contribution in [0, 0.1) is 12.8 Å². The topological polar surface area (TPSA) is 72.6 Å². The van der Waals surface area contributed by atoms with Gasteiger partial charge in [0, 0.05) is 24.8 Å². The monoisotopic (exact) mass is 407 g/mol. The highest BCUT2D eigenvalue weighted by Crippen LogP contribution is 2.28. The van der Waals surface area contributed by atoms with Gasteiger partial charge < -0.3 is 9.64 Å². The van der Waals surface area contributed by atoms with Crippen LogP contribution in [0.15, 0.2) is 36.4 Å². The maximum atomic E-state index is 13.1. The fourth-order valence-electron chi connectivity index (χ4n) is 2.96. The van der Waals surface area contributed by atoms with Crippen molar-refractivity contribution in [3.8, 4) is 0 Å². The number of rotatable bonds is 6. The number of esters is 1. The second kappa shape index (κ2) is 8.06. The fourth-order valence-corrected chi connectivity index (χ4v) is 2.96. The summed E-state index contributed by atoms with van der Waals surface area (Å²) in [6.07, 6.45) is -4.69. The molecule has 0 fully saturated rings. The Hall–Kier alpha value is -3.17. The third-order valence-electron chi connectivity index (χ3n) is 4.31. The lowest BCUT2D eigenvalue weighted by molar-refractivity contribution is -0.145. The Bertz CT molecular complexity index is 1000. The molecule has 3 rings (SSSR count). The van der Waals surface area contributed by atoms with Crippen LogP contribution < -0.4 is 4.90 Å². The summed E-state index contributed by atoms with van der Waals surface area (Å²) >= 11 is 0. The number of nitrogens with zero attached hydrogens (tertiary/aromatic N) is 5. The Morgan fingerprint density at radius 3 is 2.55 bits per heavy atom. The van der Waals surface area contributed by atoms with Gasteiger partial charge in [0.2, 0.25) is 0 Å². The van der Waals surface area contributed by atoms with E-state index in [2.05, 4.69) is 15.1 Å². The van der Waals surface area contributed by atoms with Gasteiger partial charge in [-0.05, 0) is 12.5 Å². The minimum atomic E-state index is -4.69. The zero-order valence-corrected chi connectivity index (χ0v) is 16.1. The highest BCUT2D eigenvalue weighted by Gasteiger charge is 2.37. The Morgan fingerprint density at radius 2 is 1.93 bits per heavy atom. The van der Waals surface area contributed by atoms with E-state index in [1.54, 1.807) is 24.8 Å². The largest absolute Gasteiger partial charge is 0.469 e. The number of anilines is 1. The first kappa shape index (κ1) is 20.6. The summed E-state index contributed by atoms with van der Waals surface area (Å²) in [6, 6.07) is 11.0. The molecule has 0 saturated carbocycles. The second-order valence-electron chi connectivity index (χ2n) is 6.69. The summed E-state index contributed by atoms with van der Waals surface area (Å²) in [5.74, 6) is -2.00. The minimum absolute atomic E-state index is 0.156. The molecule has 0 aliphatic heterocycles. The maximum Gasteiger partial charge on any atom is 0.453 e. The van der Waals surface area contributed by atoms with Crippen molar-refractivity contribution in [1.82, 2.24) is 19.6 Å². The SMILES string of the molecule is COC(=O)[C@@H](C)CN(Cc1ccccc1)c1cc(C)nc2nc(C(F)(F)F)nn12. The van der Waals surface area contributed by atoms with Gasteiger partial charge in [0.05, 0.1) is 13.0 Å². The predicted octanol–water partition coefficient (Wildman–Crippen LogP) is 3.27. The molecule has 1 aromatic carbocycles. The number of carbonyl (C=O) groups is 1. The van der Waals surface area contributed by atoms with Crippen LogP contribution in [0.4, 0.5) is 19.0 Å². The number of hydrogen-bond donors (Lipinski definition) is 0. The van der Waals surface area contributed by atoms with Gasteiger partial charge in [-0.15, -0.1) is 5.10 Å². The first-order valence-corrected chi connectivity index (χ1v) is 8.87. The van der Waals surface area contributed by atoms with Gasteiger partial charge in [-0.25, -0.2) is 4.98 Å². The summed E-state index contributed by atoms with van der Waals surface area (Å²) in [7, 11) is 1.29. The van der Waals surface area contributed by atoms with Crippen molar-refractivity contribution < 1.29 is 22.7 Å². The molecule has 0 bridgehead atoms. The molecular weight excluding hydrogens is 387 g/mol. The van der Waals surface area contributed by atoms with Crippen LogP contribution in [0.5, 0.6) is 0 Å². The number of benzene rings is 1. The molecule has 0 aliphatic rings. The molecule has 0 aliphatic carbocycles. The fraction of sp³-hybridized carbons (Fsp3) is 0.368. The summed E-state index contributed by atoms with van der Waals surface area (Å²) in [5.41, 5.74) is 1.40. The molecule has 2 heterocycles. The van der Waals surface area contributed by atoms with Crippen molar-refractivity contribution in [3.63, 3.8) is 0 Å². The number of carbonyl (C=O) groups excluding carboxylic acids is 1. The van der Waals surface area contributed by atoms with Crippen LogP contribution in [-0.2, 0) is 22.3 Å². The number of halogens is 3. The number of aromatic nitrogens is 4. The molecule has 0 unspecified atom stereocenters. The number of methoxy groups -OCH3 is 1. The van der Waals surface area contributed by atoms with Crippen LogP contribution in [0.3, 0.4) is 0 Å². The predicted molar refractivity (Wildman–Crippen MR) is 99.2 cm³/mol. The van der Waals surface area contributed by atoms with Gasteiger partial charge in [-0.1, -0.05) is 37.3 Å². The van der Waals surface area contributed by atoms with Crippen LogP contribution in [0.25, 0.3) is 5.78 Å². The lowest BCUT2D eigenvalue weighted by atomic mass is 10.1. The van der Waals surface area contributed by atoms with Crippen molar-refractivity contribution in [3.05, 3.63) is 53.5 Å². The average Bonchev–Trinajstić information content (AvgIpc) is 3.11. The molecule has 1 atom stereocenters. The molecule has 3 aromatic rings.